The minimum atomic E-state index is -4.72. The molecule has 172 valence electrons. The van der Waals surface area contributed by atoms with Crippen LogP contribution < -0.4 is 4.74 Å². The highest BCUT2D eigenvalue weighted by molar-refractivity contribution is 7.15. The van der Waals surface area contributed by atoms with Crippen LogP contribution in [0.5, 0.6) is 5.75 Å². The number of halogens is 3. The van der Waals surface area contributed by atoms with Crippen molar-refractivity contribution in [2.45, 2.75) is 39.6 Å². The van der Waals surface area contributed by atoms with Crippen LogP contribution in [0.1, 0.15) is 35.7 Å². The van der Waals surface area contributed by atoms with Crippen molar-refractivity contribution in [3.05, 3.63) is 52.2 Å². The fourth-order valence-electron chi connectivity index (χ4n) is 3.69. The third-order valence-electron chi connectivity index (χ3n) is 5.26. The largest absolute Gasteiger partial charge is 0.480 e. The van der Waals surface area contributed by atoms with Gasteiger partial charge in [-0.2, -0.15) is 18.4 Å². The number of nitrogens with zero attached hydrogens (tertiary/aromatic N) is 4. The Morgan fingerprint density at radius 2 is 2.06 bits per heavy atom. The molecule has 11 heteroatoms. The summed E-state index contributed by atoms with van der Waals surface area (Å²) in [5.74, 6) is 0.0741. The van der Waals surface area contributed by atoms with Crippen LogP contribution in [0.4, 0.5) is 13.2 Å². The second kappa shape index (κ2) is 8.19. The lowest BCUT2D eigenvalue weighted by Gasteiger charge is -2.24. The Morgan fingerprint density at radius 3 is 2.70 bits per heavy atom. The molecule has 0 spiro atoms. The second-order valence-corrected chi connectivity index (χ2v) is 9.70. The lowest BCUT2D eigenvalue weighted by molar-refractivity contribution is -0.138. The van der Waals surface area contributed by atoms with E-state index in [-0.39, 0.29) is 24.7 Å². The molecule has 0 saturated carbocycles. The van der Waals surface area contributed by atoms with Crippen LogP contribution in [-0.2, 0) is 17.5 Å². The van der Waals surface area contributed by atoms with Crippen molar-refractivity contribution in [2.75, 3.05) is 6.54 Å². The summed E-state index contributed by atoms with van der Waals surface area (Å²) in [5.41, 5.74) is -2.32. The maximum absolute atomic E-state index is 13.3. The van der Waals surface area contributed by atoms with E-state index in [2.05, 4.69) is 10.2 Å². The van der Waals surface area contributed by atoms with E-state index in [1.165, 1.54) is 28.4 Å². The number of alkyl halides is 3. The zero-order valence-corrected chi connectivity index (χ0v) is 18.8. The van der Waals surface area contributed by atoms with Crippen LogP contribution in [0.2, 0.25) is 0 Å². The van der Waals surface area contributed by atoms with Crippen LogP contribution in [-0.4, -0.2) is 33.7 Å². The first-order valence-electron chi connectivity index (χ1n) is 9.94. The highest BCUT2D eigenvalue weighted by atomic mass is 32.1. The molecule has 1 unspecified atom stereocenters. The van der Waals surface area contributed by atoms with Gasteiger partial charge in [0.15, 0.2) is 6.10 Å². The highest BCUT2D eigenvalue weighted by Crippen LogP contribution is 2.38. The van der Waals surface area contributed by atoms with E-state index < -0.39 is 34.7 Å². The molecular weight excluding hydrogens is 457 g/mol. The molecule has 1 amide bonds. The summed E-state index contributed by atoms with van der Waals surface area (Å²) < 4.78 is 51.3. The van der Waals surface area contributed by atoms with E-state index in [9.17, 15) is 18.0 Å². The normalized spacial score (nSPS) is 17.9. The predicted molar refractivity (Wildman–Crippen MR) is 112 cm³/mol. The predicted octanol–water partition coefficient (Wildman–Crippen LogP) is 4.81. The molecule has 0 radical (unpaired) electrons. The molecule has 7 nitrogen and oxygen atoms in total. The number of hydrogen-bond donors (Lipinski definition) is 0. The third kappa shape index (κ3) is 4.57. The van der Waals surface area contributed by atoms with E-state index in [0.29, 0.717) is 5.89 Å². The molecule has 4 rings (SSSR count). The number of likely N-dealkylation sites (tertiary alicyclic amines) is 1. The number of carbonyl (C=O) groups is 1. The number of carbonyl (C=O) groups excluding carboxylic acids is 1. The Kier molecular flexibility index (Phi) is 5.66. The van der Waals surface area contributed by atoms with Crippen LogP contribution in [0.25, 0.3) is 10.8 Å². The maximum atomic E-state index is 13.3. The van der Waals surface area contributed by atoms with Gasteiger partial charge in [-0.15, -0.1) is 21.5 Å². The fraction of sp³-hybridized carbons (Fsp3) is 0.364. The van der Waals surface area contributed by atoms with Crippen LogP contribution in [0, 0.1) is 23.7 Å². The summed E-state index contributed by atoms with van der Waals surface area (Å²) in [6, 6.07) is 8.37. The summed E-state index contributed by atoms with van der Waals surface area (Å²) in [6.07, 6.45) is -5.74. The lowest BCUT2D eigenvalue weighted by atomic mass is 9.89. The van der Waals surface area contributed by atoms with Crippen LogP contribution in [0.3, 0.4) is 0 Å². The second-order valence-electron chi connectivity index (χ2n) is 8.41. The summed E-state index contributed by atoms with van der Waals surface area (Å²) in [6.45, 7) is 5.88. The van der Waals surface area contributed by atoms with Gasteiger partial charge in [-0.25, -0.2) is 0 Å². The molecule has 0 bridgehead atoms. The van der Waals surface area contributed by atoms with Crippen molar-refractivity contribution in [3.63, 3.8) is 0 Å². The Balaban J connectivity index is 1.52. The topological polar surface area (TPSA) is 92.2 Å². The van der Waals surface area contributed by atoms with Crippen LogP contribution >= 0.6 is 11.3 Å². The highest BCUT2D eigenvalue weighted by Gasteiger charge is 2.48. The monoisotopic (exact) mass is 476 g/mol. The summed E-state index contributed by atoms with van der Waals surface area (Å²) >= 11 is 1.51. The first-order valence-corrected chi connectivity index (χ1v) is 10.8. The average Bonchev–Trinajstić information content (AvgIpc) is 3.43. The Morgan fingerprint density at radius 1 is 1.30 bits per heavy atom. The number of thiophene rings is 1. The molecule has 33 heavy (non-hydrogen) atoms. The summed E-state index contributed by atoms with van der Waals surface area (Å²) in [5, 5.41) is 17.0. The van der Waals surface area contributed by atoms with Crippen molar-refractivity contribution >= 4 is 17.2 Å². The molecular formula is C22H19F3N4O3S. The SMILES string of the molecule is Cc1ccc(-c2nnc(CN3CC(C)(C)C(Oc4ccc(C#N)c(C(F)(F)F)c4)C3=O)o2)s1. The van der Waals surface area contributed by atoms with Gasteiger partial charge in [-0.1, -0.05) is 13.8 Å². The van der Waals surface area contributed by atoms with Gasteiger partial charge in [0, 0.05) is 16.8 Å². The molecule has 1 aliphatic heterocycles. The number of ether oxygens (including phenoxy) is 1. The molecule has 3 heterocycles. The van der Waals surface area contributed by atoms with Crippen molar-refractivity contribution in [1.29, 1.82) is 5.26 Å². The maximum Gasteiger partial charge on any atom is 0.417 e. The zero-order chi connectivity index (χ0) is 24.0. The number of nitriles is 1. The van der Waals surface area contributed by atoms with E-state index in [1.807, 2.05) is 19.1 Å². The van der Waals surface area contributed by atoms with Gasteiger partial charge in [0.05, 0.1) is 28.6 Å². The van der Waals surface area contributed by atoms with Gasteiger partial charge >= 0.3 is 6.18 Å². The number of benzene rings is 1. The Labute approximate surface area is 191 Å². The Hall–Kier alpha value is -3.39. The molecule has 1 aliphatic rings. The first-order chi connectivity index (χ1) is 15.5. The van der Waals surface area contributed by atoms with Crippen molar-refractivity contribution in [2.24, 2.45) is 5.41 Å². The minimum Gasteiger partial charge on any atom is -0.480 e. The number of aryl methyl sites for hydroxylation is 1. The van der Waals surface area contributed by atoms with E-state index >= 15 is 0 Å². The lowest BCUT2D eigenvalue weighted by Crippen LogP contribution is -2.36. The van der Waals surface area contributed by atoms with E-state index in [0.717, 1.165) is 21.9 Å². The molecule has 1 atom stereocenters. The van der Waals surface area contributed by atoms with Gasteiger partial charge < -0.3 is 14.1 Å². The quantitative estimate of drug-likeness (QED) is 0.525. The van der Waals surface area contributed by atoms with Crippen molar-refractivity contribution < 1.29 is 27.1 Å². The molecule has 0 N–H and O–H groups in total. The summed E-state index contributed by atoms with van der Waals surface area (Å²) in [4.78, 5) is 16.5. The molecule has 1 saturated heterocycles. The number of rotatable bonds is 5. The molecule has 1 aromatic carbocycles. The van der Waals surface area contributed by atoms with Crippen molar-refractivity contribution in [1.82, 2.24) is 15.1 Å². The smallest absolute Gasteiger partial charge is 0.417 e. The van der Waals surface area contributed by atoms with E-state index in [4.69, 9.17) is 14.4 Å². The van der Waals surface area contributed by atoms with Gasteiger partial charge in [-0.3, -0.25) is 4.79 Å². The average molecular weight is 476 g/mol. The first kappa shape index (κ1) is 22.8. The fourth-order valence-corrected chi connectivity index (χ4v) is 4.48. The van der Waals surface area contributed by atoms with Crippen molar-refractivity contribution in [3.8, 4) is 22.6 Å². The minimum absolute atomic E-state index is 0.0562. The number of amides is 1. The zero-order valence-electron chi connectivity index (χ0n) is 17.9. The van der Waals surface area contributed by atoms with Gasteiger partial charge in [0.1, 0.15) is 5.75 Å². The van der Waals surface area contributed by atoms with Gasteiger partial charge in [-0.05, 0) is 37.3 Å². The number of aromatic nitrogens is 2. The van der Waals surface area contributed by atoms with Crippen LogP contribution in [0.15, 0.2) is 34.7 Å². The van der Waals surface area contributed by atoms with E-state index in [1.54, 1.807) is 13.8 Å². The Bertz CT molecular complexity index is 1240. The molecule has 2 aromatic heterocycles. The number of hydrogen-bond acceptors (Lipinski definition) is 7. The molecule has 0 aliphatic carbocycles. The standard InChI is InChI=1S/C22H19F3N4O3S/c1-12-4-7-16(33-12)19-28-27-17(32-19)10-29-11-21(2,3)18(20(29)30)31-14-6-5-13(9-26)15(8-14)22(23,24)25/h4-8,18H,10-11H2,1-3H3. The molecule has 1 fully saturated rings. The van der Waals surface area contributed by atoms with Gasteiger partial charge in [0.2, 0.25) is 5.89 Å². The third-order valence-corrected chi connectivity index (χ3v) is 6.25. The summed E-state index contributed by atoms with van der Waals surface area (Å²) in [7, 11) is 0. The van der Waals surface area contributed by atoms with Gasteiger partial charge in [0.25, 0.3) is 11.8 Å². The molecule has 3 aromatic rings.